The number of nitrogens with zero attached hydrogens (tertiary/aromatic N) is 1. The number of hydrogen-bond acceptors (Lipinski definition) is 3. The lowest BCUT2D eigenvalue weighted by atomic mass is 10.2. The number of amides is 2. The summed E-state index contributed by atoms with van der Waals surface area (Å²) in [5.74, 6) is -0.326. The van der Waals surface area contributed by atoms with Gasteiger partial charge in [-0.25, -0.2) is 4.98 Å². The molecule has 0 aliphatic carbocycles. The molecule has 0 bridgehead atoms. The molecule has 0 saturated carbocycles. The highest BCUT2D eigenvalue weighted by molar-refractivity contribution is 6.29. The maximum absolute atomic E-state index is 11.9. The highest BCUT2D eigenvalue weighted by Crippen LogP contribution is 2.11. The van der Waals surface area contributed by atoms with Crippen molar-refractivity contribution in [3.05, 3.63) is 28.5 Å². The van der Waals surface area contributed by atoms with Gasteiger partial charge in [0.25, 0.3) is 5.91 Å². The van der Waals surface area contributed by atoms with Crippen LogP contribution in [0.5, 0.6) is 0 Å². The summed E-state index contributed by atoms with van der Waals surface area (Å²) in [5.41, 5.74) is 1.23. The zero-order valence-electron chi connectivity index (χ0n) is 11.1. The number of pyridine rings is 1. The molecule has 5 nitrogen and oxygen atoms in total. The molecule has 0 radical (unpaired) electrons. The SMILES string of the molecule is CCNC(=O)CCNC(=O)c1cc(Cl)nc(CC)c1. The molecule has 19 heavy (non-hydrogen) atoms. The van der Waals surface area contributed by atoms with E-state index in [0.717, 1.165) is 5.69 Å². The van der Waals surface area contributed by atoms with Gasteiger partial charge in [0, 0.05) is 30.8 Å². The van der Waals surface area contributed by atoms with Crippen LogP contribution in [0.15, 0.2) is 12.1 Å². The van der Waals surface area contributed by atoms with Crippen LogP contribution in [0.1, 0.15) is 36.3 Å². The molecule has 2 N–H and O–H groups in total. The fourth-order valence-electron chi connectivity index (χ4n) is 1.54. The summed E-state index contributed by atoms with van der Waals surface area (Å²) in [7, 11) is 0. The monoisotopic (exact) mass is 283 g/mol. The first-order chi connectivity index (χ1) is 9.06. The van der Waals surface area contributed by atoms with Crippen molar-refractivity contribution in [3.63, 3.8) is 0 Å². The van der Waals surface area contributed by atoms with Gasteiger partial charge in [0.1, 0.15) is 5.15 Å². The molecule has 1 rings (SSSR count). The molecule has 0 aliphatic heterocycles. The van der Waals surface area contributed by atoms with Crippen LogP contribution in [0.4, 0.5) is 0 Å². The van der Waals surface area contributed by atoms with E-state index in [1.165, 1.54) is 6.07 Å². The number of halogens is 1. The minimum atomic E-state index is -0.247. The van der Waals surface area contributed by atoms with E-state index in [-0.39, 0.29) is 18.2 Å². The van der Waals surface area contributed by atoms with Crippen molar-refractivity contribution in [3.8, 4) is 0 Å². The number of hydrogen-bond donors (Lipinski definition) is 2. The lowest BCUT2D eigenvalue weighted by Gasteiger charge is -2.07. The van der Waals surface area contributed by atoms with Gasteiger partial charge >= 0.3 is 0 Å². The van der Waals surface area contributed by atoms with E-state index in [1.807, 2.05) is 13.8 Å². The van der Waals surface area contributed by atoms with Gasteiger partial charge in [-0.3, -0.25) is 9.59 Å². The lowest BCUT2D eigenvalue weighted by Crippen LogP contribution is -2.30. The van der Waals surface area contributed by atoms with Crippen molar-refractivity contribution >= 4 is 23.4 Å². The minimum Gasteiger partial charge on any atom is -0.356 e. The fourth-order valence-corrected chi connectivity index (χ4v) is 1.77. The molecule has 1 aromatic heterocycles. The zero-order valence-corrected chi connectivity index (χ0v) is 11.9. The molecule has 1 aromatic rings. The maximum Gasteiger partial charge on any atom is 0.251 e. The van der Waals surface area contributed by atoms with Crippen molar-refractivity contribution < 1.29 is 9.59 Å². The normalized spacial score (nSPS) is 10.1. The Morgan fingerprint density at radius 3 is 2.63 bits per heavy atom. The Bertz CT molecular complexity index is 463. The van der Waals surface area contributed by atoms with Gasteiger partial charge in [0.05, 0.1) is 0 Å². The number of aromatic nitrogens is 1. The zero-order chi connectivity index (χ0) is 14.3. The van der Waals surface area contributed by atoms with Crippen molar-refractivity contribution in [1.29, 1.82) is 0 Å². The Labute approximate surface area is 117 Å². The highest BCUT2D eigenvalue weighted by Gasteiger charge is 2.09. The molecule has 0 unspecified atom stereocenters. The Hall–Kier alpha value is -1.62. The molecule has 6 heteroatoms. The molecule has 1 heterocycles. The highest BCUT2D eigenvalue weighted by atomic mass is 35.5. The summed E-state index contributed by atoms with van der Waals surface area (Å²) in [6, 6.07) is 3.22. The van der Waals surface area contributed by atoms with Gasteiger partial charge in [-0.2, -0.15) is 0 Å². The second-order valence-electron chi connectivity index (χ2n) is 3.98. The topological polar surface area (TPSA) is 71.1 Å². The molecule has 0 fully saturated rings. The average molecular weight is 284 g/mol. The van der Waals surface area contributed by atoms with Crippen LogP contribution >= 0.6 is 11.6 Å². The molecule has 0 spiro atoms. The first-order valence-electron chi connectivity index (χ1n) is 6.28. The van der Waals surface area contributed by atoms with Crippen LogP contribution in [-0.2, 0) is 11.2 Å². The third-order valence-corrected chi connectivity index (χ3v) is 2.68. The third-order valence-electron chi connectivity index (χ3n) is 2.48. The summed E-state index contributed by atoms with van der Waals surface area (Å²) >= 11 is 5.84. The number of carbonyl (C=O) groups excluding carboxylic acids is 2. The van der Waals surface area contributed by atoms with Crippen LogP contribution in [-0.4, -0.2) is 29.9 Å². The summed E-state index contributed by atoms with van der Waals surface area (Å²) in [6.07, 6.45) is 0.971. The maximum atomic E-state index is 11.9. The molecular formula is C13H18ClN3O2. The van der Waals surface area contributed by atoms with Crippen molar-refractivity contribution in [2.24, 2.45) is 0 Å². The van der Waals surface area contributed by atoms with Gasteiger partial charge in [-0.1, -0.05) is 18.5 Å². The predicted octanol–water partition coefficient (Wildman–Crippen LogP) is 1.55. The second-order valence-corrected chi connectivity index (χ2v) is 4.37. The van der Waals surface area contributed by atoms with E-state index in [0.29, 0.717) is 30.2 Å². The van der Waals surface area contributed by atoms with Gasteiger partial charge in [0.2, 0.25) is 5.91 Å². The first kappa shape index (κ1) is 15.4. The van der Waals surface area contributed by atoms with E-state index in [4.69, 9.17) is 11.6 Å². The first-order valence-corrected chi connectivity index (χ1v) is 6.66. The number of carbonyl (C=O) groups is 2. The fraction of sp³-hybridized carbons (Fsp3) is 0.462. The molecule has 0 atom stereocenters. The van der Waals surface area contributed by atoms with Gasteiger partial charge in [-0.15, -0.1) is 0 Å². The van der Waals surface area contributed by atoms with Crippen molar-refractivity contribution in [2.75, 3.05) is 13.1 Å². The number of nitrogens with one attached hydrogen (secondary N) is 2. The lowest BCUT2D eigenvalue weighted by molar-refractivity contribution is -0.120. The Balaban J connectivity index is 2.54. The van der Waals surface area contributed by atoms with Gasteiger partial charge in [-0.05, 0) is 25.5 Å². The van der Waals surface area contributed by atoms with Crippen molar-refractivity contribution in [2.45, 2.75) is 26.7 Å². The molecule has 0 saturated heterocycles. The minimum absolute atomic E-state index is 0.0789. The van der Waals surface area contributed by atoms with Crippen LogP contribution in [0.3, 0.4) is 0 Å². The number of aryl methyl sites for hydroxylation is 1. The van der Waals surface area contributed by atoms with E-state index in [9.17, 15) is 9.59 Å². The van der Waals surface area contributed by atoms with Crippen molar-refractivity contribution in [1.82, 2.24) is 15.6 Å². The standard InChI is InChI=1S/C13H18ClN3O2/c1-3-10-7-9(8-11(14)17-10)13(19)16-6-5-12(18)15-4-2/h7-8H,3-6H2,1-2H3,(H,15,18)(H,16,19). The van der Waals surface area contributed by atoms with Gasteiger partial charge in [0.15, 0.2) is 0 Å². The van der Waals surface area contributed by atoms with E-state index in [2.05, 4.69) is 15.6 Å². The smallest absolute Gasteiger partial charge is 0.251 e. The van der Waals surface area contributed by atoms with E-state index in [1.54, 1.807) is 6.07 Å². The summed E-state index contributed by atoms with van der Waals surface area (Å²) < 4.78 is 0. The predicted molar refractivity (Wildman–Crippen MR) is 74.3 cm³/mol. The second kappa shape index (κ2) is 7.74. The Morgan fingerprint density at radius 1 is 1.26 bits per heavy atom. The van der Waals surface area contributed by atoms with Gasteiger partial charge < -0.3 is 10.6 Å². The number of rotatable bonds is 6. The molecule has 0 aliphatic rings. The summed E-state index contributed by atoms with van der Waals surface area (Å²) in [4.78, 5) is 27.2. The van der Waals surface area contributed by atoms with E-state index >= 15 is 0 Å². The van der Waals surface area contributed by atoms with Crippen LogP contribution in [0, 0.1) is 0 Å². The largest absolute Gasteiger partial charge is 0.356 e. The van der Waals surface area contributed by atoms with E-state index < -0.39 is 0 Å². The average Bonchev–Trinajstić information content (AvgIpc) is 2.38. The molecule has 2 amide bonds. The molecule has 104 valence electrons. The molecule has 0 aromatic carbocycles. The van der Waals surface area contributed by atoms with Crippen LogP contribution in [0.2, 0.25) is 5.15 Å². The van der Waals surface area contributed by atoms with Crippen LogP contribution < -0.4 is 10.6 Å². The quantitative estimate of drug-likeness (QED) is 0.778. The Morgan fingerprint density at radius 2 is 2.00 bits per heavy atom. The summed E-state index contributed by atoms with van der Waals surface area (Å²) in [5, 5.41) is 5.64. The van der Waals surface area contributed by atoms with Crippen LogP contribution in [0.25, 0.3) is 0 Å². The molecular weight excluding hydrogens is 266 g/mol. The summed E-state index contributed by atoms with van der Waals surface area (Å²) in [6.45, 7) is 4.68. The third kappa shape index (κ3) is 5.26. The Kier molecular flexibility index (Phi) is 6.29.